The lowest BCUT2D eigenvalue weighted by Gasteiger charge is -2.02. The zero-order valence-electron chi connectivity index (χ0n) is 9.36. The minimum absolute atomic E-state index is 0.174. The maximum atomic E-state index is 11.9. The summed E-state index contributed by atoms with van der Waals surface area (Å²) in [6.07, 6.45) is 0. The minimum atomic E-state index is -0.174. The standard InChI is InChI=1S/C12H12N3OS/c1-8-4-3-5-9(6-8)11(16)15-12-14-10(13-2)7-17-12/h3-7,13H,1H2,2H3,(H,14,15,16). The molecule has 0 atom stereocenters. The number of hydrogen-bond acceptors (Lipinski definition) is 4. The molecule has 0 fully saturated rings. The molecule has 0 aliphatic carbocycles. The maximum absolute atomic E-state index is 11.9. The molecule has 1 aromatic heterocycles. The van der Waals surface area contributed by atoms with Crippen molar-refractivity contribution in [1.29, 1.82) is 0 Å². The van der Waals surface area contributed by atoms with E-state index >= 15 is 0 Å². The van der Waals surface area contributed by atoms with E-state index in [1.807, 2.05) is 11.4 Å². The first-order chi connectivity index (χ1) is 8.19. The van der Waals surface area contributed by atoms with Gasteiger partial charge < -0.3 is 5.32 Å². The molecule has 2 N–H and O–H groups in total. The van der Waals surface area contributed by atoms with Crippen LogP contribution in [0.3, 0.4) is 0 Å². The van der Waals surface area contributed by atoms with Gasteiger partial charge in [-0.05, 0) is 24.6 Å². The predicted molar refractivity (Wildman–Crippen MR) is 70.5 cm³/mol. The highest BCUT2D eigenvalue weighted by atomic mass is 32.1. The Hall–Kier alpha value is -1.88. The summed E-state index contributed by atoms with van der Waals surface area (Å²) in [6, 6.07) is 7.13. The quantitative estimate of drug-likeness (QED) is 0.875. The van der Waals surface area contributed by atoms with E-state index in [1.165, 1.54) is 11.3 Å². The highest BCUT2D eigenvalue weighted by Gasteiger charge is 2.08. The first kappa shape index (κ1) is 11.6. The minimum Gasteiger partial charge on any atom is -0.372 e. The van der Waals surface area contributed by atoms with Gasteiger partial charge in [0.1, 0.15) is 5.82 Å². The lowest BCUT2D eigenvalue weighted by Crippen LogP contribution is -2.11. The summed E-state index contributed by atoms with van der Waals surface area (Å²) in [5.41, 5.74) is 1.39. The van der Waals surface area contributed by atoms with Crippen molar-refractivity contribution >= 4 is 28.2 Å². The molecular formula is C12H12N3OS. The molecule has 0 aliphatic rings. The molecule has 1 heterocycles. The summed E-state index contributed by atoms with van der Waals surface area (Å²) in [5.74, 6) is 0.573. The Morgan fingerprint density at radius 1 is 1.47 bits per heavy atom. The number of nitrogens with one attached hydrogen (secondary N) is 2. The molecule has 0 aliphatic heterocycles. The largest absolute Gasteiger partial charge is 0.372 e. The molecule has 2 aromatic rings. The van der Waals surface area contributed by atoms with Gasteiger partial charge in [-0.1, -0.05) is 12.1 Å². The SMILES string of the molecule is [CH2]c1cccc(C(=O)Nc2nc(NC)cs2)c1. The number of anilines is 2. The Bertz CT molecular complexity index is 536. The third-order valence-electron chi connectivity index (χ3n) is 2.17. The summed E-state index contributed by atoms with van der Waals surface area (Å²) >= 11 is 1.38. The Morgan fingerprint density at radius 3 is 2.94 bits per heavy atom. The summed E-state index contributed by atoms with van der Waals surface area (Å²) in [7, 11) is 1.78. The van der Waals surface area contributed by atoms with Crippen molar-refractivity contribution in [3.63, 3.8) is 0 Å². The van der Waals surface area contributed by atoms with Gasteiger partial charge in [0.15, 0.2) is 5.13 Å². The number of rotatable bonds is 3. The second-order valence-corrected chi connectivity index (χ2v) is 4.30. The average molecular weight is 246 g/mol. The number of aromatic nitrogens is 1. The molecule has 0 unspecified atom stereocenters. The van der Waals surface area contributed by atoms with E-state index < -0.39 is 0 Å². The van der Waals surface area contributed by atoms with Crippen molar-refractivity contribution in [3.05, 3.63) is 47.7 Å². The molecule has 4 nitrogen and oxygen atoms in total. The smallest absolute Gasteiger partial charge is 0.257 e. The zero-order valence-corrected chi connectivity index (χ0v) is 10.2. The van der Waals surface area contributed by atoms with Gasteiger partial charge in [0.25, 0.3) is 5.91 Å². The number of amides is 1. The van der Waals surface area contributed by atoms with Crippen LogP contribution in [0.2, 0.25) is 0 Å². The van der Waals surface area contributed by atoms with Gasteiger partial charge in [-0.15, -0.1) is 11.3 Å². The van der Waals surface area contributed by atoms with Crippen LogP contribution >= 0.6 is 11.3 Å². The summed E-state index contributed by atoms with van der Waals surface area (Å²) in [4.78, 5) is 16.0. The second-order valence-electron chi connectivity index (χ2n) is 3.44. The van der Waals surface area contributed by atoms with E-state index in [0.29, 0.717) is 10.7 Å². The van der Waals surface area contributed by atoms with E-state index in [-0.39, 0.29) is 5.91 Å². The van der Waals surface area contributed by atoms with Crippen LogP contribution in [0.15, 0.2) is 29.6 Å². The molecule has 1 aromatic carbocycles. The molecule has 1 amide bonds. The summed E-state index contributed by atoms with van der Waals surface area (Å²) < 4.78 is 0. The van der Waals surface area contributed by atoms with Crippen LogP contribution in [-0.4, -0.2) is 17.9 Å². The molecule has 0 saturated heterocycles. The fraction of sp³-hybridized carbons (Fsp3) is 0.0833. The van der Waals surface area contributed by atoms with Crippen LogP contribution in [0.1, 0.15) is 15.9 Å². The van der Waals surface area contributed by atoms with Crippen molar-refractivity contribution in [3.8, 4) is 0 Å². The van der Waals surface area contributed by atoms with Crippen molar-refractivity contribution < 1.29 is 4.79 Å². The molecule has 5 heteroatoms. The first-order valence-electron chi connectivity index (χ1n) is 5.05. The van der Waals surface area contributed by atoms with E-state index in [1.54, 1.807) is 25.2 Å². The van der Waals surface area contributed by atoms with Gasteiger partial charge >= 0.3 is 0 Å². The van der Waals surface area contributed by atoms with E-state index in [9.17, 15) is 4.79 Å². The Morgan fingerprint density at radius 2 is 2.29 bits per heavy atom. The lowest BCUT2D eigenvalue weighted by molar-refractivity contribution is 0.102. The van der Waals surface area contributed by atoms with Gasteiger partial charge in [0.05, 0.1) is 0 Å². The number of thiazole rings is 1. The molecule has 0 bridgehead atoms. The van der Waals surface area contributed by atoms with Gasteiger partial charge in [-0.25, -0.2) is 4.98 Å². The van der Waals surface area contributed by atoms with Gasteiger partial charge in [-0.3, -0.25) is 10.1 Å². The van der Waals surface area contributed by atoms with E-state index in [4.69, 9.17) is 0 Å². The highest BCUT2D eigenvalue weighted by molar-refractivity contribution is 7.14. The third kappa shape index (κ3) is 2.82. The normalized spacial score (nSPS) is 10.0. The van der Waals surface area contributed by atoms with Gasteiger partial charge in [0.2, 0.25) is 0 Å². The molecule has 0 spiro atoms. The number of hydrogen-bond donors (Lipinski definition) is 2. The predicted octanol–water partition coefficient (Wildman–Crippen LogP) is 2.62. The van der Waals surface area contributed by atoms with Crippen LogP contribution in [0, 0.1) is 6.92 Å². The van der Waals surface area contributed by atoms with Crippen molar-refractivity contribution in [2.24, 2.45) is 0 Å². The van der Waals surface area contributed by atoms with Gasteiger partial charge in [-0.2, -0.15) is 0 Å². The number of benzene rings is 1. The van der Waals surface area contributed by atoms with E-state index in [2.05, 4.69) is 22.5 Å². The Balaban J connectivity index is 2.11. The topological polar surface area (TPSA) is 54.0 Å². The summed E-state index contributed by atoms with van der Waals surface area (Å²) in [5, 5.41) is 8.07. The third-order valence-corrected chi connectivity index (χ3v) is 2.93. The van der Waals surface area contributed by atoms with Crippen LogP contribution in [0.5, 0.6) is 0 Å². The molecule has 0 saturated carbocycles. The molecule has 1 radical (unpaired) electrons. The van der Waals surface area contributed by atoms with Gasteiger partial charge in [0, 0.05) is 18.0 Å². The number of carbonyl (C=O) groups is 1. The van der Waals surface area contributed by atoms with E-state index in [0.717, 1.165) is 11.4 Å². The average Bonchev–Trinajstić information content (AvgIpc) is 2.77. The van der Waals surface area contributed by atoms with Crippen molar-refractivity contribution in [2.75, 3.05) is 17.7 Å². The zero-order chi connectivity index (χ0) is 12.3. The Kier molecular flexibility index (Phi) is 3.39. The molecule has 87 valence electrons. The number of nitrogens with zero attached hydrogens (tertiary/aromatic N) is 1. The van der Waals surface area contributed by atoms with Crippen LogP contribution < -0.4 is 10.6 Å². The van der Waals surface area contributed by atoms with Crippen LogP contribution in [0.25, 0.3) is 0 Å². The monoisotopic (exact) mass is 246 g/mol. The maximum Gasteiger partial charge on any atom is 0.257 e. The van der Waals surface area contributed by atoms with Crippen molar-refractivity contribution in [2.45, 2.75) is 0 Å². The molecular weight excluding hydrogens is 234 g/mol. The van der Waals surface area contributed by atoms with Crippen molar-refractivity contribution in [1.82, 2.24) is 4.98 Å². The highest BCUT2D eigenvalue weighted by Crippen LogP contribution is 2.19. The van der Waals surface area contributed by atoms with Crippen LogP contribution in [-0.2, 0) is 0 Å². The fourth-order valence-electron chi connectivity index (χ4n) is 1.33. The lowest BCUT2D eigenvalue weighted by atomic mass is 10.1. The second kappa shape index (κ2) is 4.97. The summed E-state index contributed by atoms with van der Waals surface area (Å²) in [6.45, 7) is 3.79. The number of carbonyl (C=O) groups excluding carboxylic acids is 1. The first-order valence-corrected chi connectivity index (χ1v) is 5.93. The molecule has 17 heavy (non-hydrogen) atoms. The fourth-order valence-corrected chi connectivity index (χ4v) is 2.02. The Labute approximate surface area is 104 Å². The molecule has 2 rings (SSSR count). The van der Waals surface area contributed by atoms with Crippen LogP contribution in [0.4, 0.5) is 10.9 Å².